The van der Waals surface area contributed by atoms with Gasteiger partial charge in [0.2, 0.25) is 0 Å². The van der Waals surface area contributed by atoms with Crippen LogP contribution < -0.4 is 0 Å². The highest BCUT2D eigenvalue weighted by Crippen LogP contribution is 2.09. The SMILES string of the molecule is CC(C)/C=C\C(C)C.CC(C)CC(=O)C(C)C.CC(C)CCC(C)C. The van der Waals surface area contributed by atoms with Crippen LogP contribution >= 0.6 is 0 Å². The molecular weight excluding hydrogens is 304 g/mol. The van der Waals surface area contributed by atoms with Gasteiger partial charge in [-0.2, -0.15) is 0 Å². The molecule has 0 fully saturated rings. The maximum Gasteiger partial charge on any atom is 0.135 e. The molecule has 0 saturated heterocycles. The van der Waals surface area contributed by atoms with Gasteiger partial charge in [0, 0.05) is 12.3 Å². The lowest BCUT2D eigenvalue weighted by atomic mass is 9.99. The summed E-state index contributed by atoms with van der Waals surface area (Å²) in [4.78, 5) is 11.0. The van der Waals surface area contributed by atoms with Crippen molar-refractivity contribution in [2.45, 2.75) is 102 Å². The van der Waals surface area contributed by atoms with E-state index in [1.807, 2.05) is 13.8 Å². The minimum Gasteiger partial charge on any atom is -0.299 e. The molecule has 0 aliphatic heterocycles. The van der Waals surface area contributed by atoms with Crippen molar-refractivity contribution in [3.8, 4) is 0 Å². The van der Waals surface area contributed by atoms with Gasteiger partial charge in [0.25, 0.3) is 0 Å². The lowest BCUT2D eigenvalue weighted by Gasteiger charge is -2.05. The molecule has 0 spiro atoms. The summed E-state index contributed by atoms with van der Waals surface area (Å²) in [6.07, 6.45) is 7.99. The molecule has 0 heterocycles. The fourth-order valence-electron chi connectivity index (χ4n) is 1.75. The van der Waals surface area contributed by atoms with Gasteiger partial charge in [0.1, 0.15) is 5.78 Å². The number of ketones is 1. The van der Waals surface area contributed by atoms with Crippen molar-refractivity contribution in [3.63, 3.8) is 0 Å². The van der Waals surface area contributed by atoms with E-state index < -0.39 is 0 Å². The van der Waals surface area contributed by atoms with E-state index in [9.17, 15) is 4.79 Å². The lowest BCUT2D eigenvalue weighted by molar-refractivity contribution is -0.122. The molecule has 0 atom stereocenters. The lowest BCUT2D eigenvalue weighted by Crippen LogP contribution is -2.09. The highest BCUT2D eigenvalue weighted by atomic mass is 16.1. The molecule has 1 nitrogen and oxygen atoms in total. The third kappa shape index (κ3) is 35.4. The quantitative estimate of drug-likeness (QED) is 0.401. The summed E-state index contributed by atoms with van der Waals surface area (Å²) in [6, 6.07) is 0. The minimum atomic E-state index is 0.215. The number of carbonyl (C=O) groups is 1. The van der Waals surface area contributed by atoms with Crippen LogP contribution in [0.3, 0.4) is 0 Å². The Morgan fingerprint density at radius 2 is 0.920 bits per heavy atom. The van der Waals surface area contributed by atoms with E-state index in [0.717, 1.165) is 18.3 Å². The third-order valence-electron chi connectivity index (χ3n) is 3.46. The predicted octanol–water partition coefficient (Wildman–Crippen LogP) is 8.19. The molecule has 0 unspecified atom stereocenters. The summed E-state index contributed by atoms with van der Waals surface area (Å²) in [6.45, 7) is 25.9. The Bertz CT molecular complexity index is 288. The highest BCUT2D eigenvalue weighted by molar-refractivity contribution is 5.80. The van der Waals surface area contributed by atoms with E-state index >= 15 is 0 Å². The first-order chi connectivity index (χ1) is 11.3. The largest absolute Gasteiger partial charge is 0.299 e. The van der Waals surface area contributed by atoms with E-state index in [1.54, 1.807) is 0 Å². The molecule has 0 saturated carbocycles. The van der Waals surface area contributed by atoms with Crippen LogP contribution in [0.25, 0.3) is 0 Å². The van der Waals surface area contributed by atoms with Crippen molar-refractivity contribution in [3.05, 3.63) is 12.2 Å². The number of rotatable bonds is 8. The van der Waals surface area contributed by atoms with Crippen LogP contribution in [0, 0.1) is 35.5 Å². The van der Waals surface area contributed by atoms with Crippen LogP contribution in [-0.4, -0.2) is 5.78 Å². The van der Waals surface area contributed by atoms with E-state index in [0.29, 0.717) is 23.5 Å². The summed E-state index contributed by atoms with van der Waals surface area (Å²) >= 11 is 0. The Morgan fingerprint density at radius 1 is 0.600 bits per heavy atom. The van der Waals surface area contributed by atoms with Gasteiger partial charge >= 0.3 is 0 Å². The molecule has 0 radical (unpaired) electrons. The minimum absolute atomic E-state index is 0.215. The molecule has 25 heavy (non-hydrogen) atoms. The smallest absolute Gasteiger partial charge is 0.135 e. The third-order valence-corrected chi connectivity index (χ3v) is 3.46. The molecule has 0 rings (SSSR count). The second-order valence-electron chi connectivity index (χ2n) is 9.46. The molecule has 0 N–H and O–H groups in total. The summed E-state index contributed by atoms with van der Waals surface area (Å²) in [5.41, 5.74) is 0. The van der Waals surface area contributed by atoms with Gasteiger partial charge in [-0.05, 0) is 29.6 Å². The van der Waals surface area contributed by atoms with Crippen LogP contribution in [-0.2, 0) is 4.79 Å². The first kappa shape index (κ1) is 29.2. The van der Waals surface area contributed by atoms with Gasteiger partial charge in [-0.25, -0.2) is 0 Å². The van der Waals surface area contributed by atoms with Gasteiger partial charge < -0.3 is 0 Å². The average Bonchev–Trinajstić information content (AvgIpc) is 2.43. The summed E-state index contributed by atoms with van der Waals surface area (Å²) in [7, 11) is 0. The number of hydrogen-bond acceptors (Lipinski definition) is 1. The summed E-state index contributed by atoms with van der Waals surface area (Å²) in [5.74, 6) is 4.29. The highest BCUT2D eigenvalue weighted by Gasteiger charge is 2.07. The maximum atomic E-state index is 11.0. The van der Waals surface area contributed by atoms with Crippen molar-refractivity contribution < 1.29 is 4.79 Å². The van der Waals surface area contributed by atoms with E-state index in [2.05, 4.69) is 81.4 Å². The summed E-state index contributed by atoms with van der Waals surface area (Å²) < 4.78 is 0. The van der Waals surface area contributed by atoms with Crippen LogP contribution in [0.4, 0.5) is 0 Å². The number of allylic oxidation sites excluding steroid dienone is 2. The van der Waals surface area contributed by atoms with E-state index in [-0.39, 0.29) is 5.92 Å². The molecule has 0 amide bonds. The maximum absolute atomic E-state index is 11.0. The Hall–Kier alpha value is -0.590. The van der Waals surface area contributed by atoms with E-state index in [1.165, 1.54) is 12.8 Å². The molecule has 0 aliphatic rings. The second-order valence-corrected chi connectivity index (χ2v) is 9.46. The molecule has 0 aromatic rings. The fraction of sp³-hybridized carbons (Fsp3) is 0.875. The summed E-state index contributed by atoms with van der Waals surface area (Å²) in [5, 5.41) is 0. The zero-order chi connectivity index (χ0) is 20.6. The van der Waals surface area contributed by atoms with Crippen molar-refractivity contribution in [2.75, 3.05) is 0 Å². The standard InChI is InChI=1S/C8H16O.C8H18.C8H16/c1-6(2)5-8(9)7(3)4;2*1-7(2)5-6-8(3)4/h6-7H,5H2,1-4H3;7-8H,5-6H2,1-4H3;5-8H,1-4H3/b;;6-5-. The van der Waals surface area contributed by atoms with Crippen molar-refractivity contribution >= 4 is 5.78 Å². The van der Waals surface area contributed by atoms with Gasteiger partial charge in [-0.1, -0.05) is 108 Å². The molecule has 1 heteroatoms. The fourth-order valence-corrected chi connectivity index (χ4v) is 1.75. The Balaban J connectivity index is -0.000000291. The second kappa shape index (κ2) is 18.2. The average molecular weight is 355 g/mol. The van der Waals surface area contributed by atoms with Crippen molar-refractivity contribution in [1.29, 1.82) is 0 Å². The predicted molar refractivity (Wildman–Crippen MR) is 117 cm³/mol. The van der Waals surface area contributed by atoms with Gasteiger partial charge in [0.05, 0.1) is 0 Å². The molecule has 0 bridgehead atoms. The normalized spacial score (nSPS) is 11.4. The first-order valence-electron chi connectivity index (χ1n) is 10.5. The molecular formula is C24H50O. The Kier molecular flexibility index (Phi) is 21.3. The molecule has 0 aromatic carbocycles. The van der Waals surface area contributed by atoms with Crippen molar-refractivity contribution in [1.82, 2.24) is 0 Å². The Labute approximate surface area is 161 Å². The number of hydrogen-bond donors (Lipinski definition) is 0. The van der Waals surface area contributed by atoms with Crippen LogP contribution in [0.15, 0.2) is 12.2 Å². The first-order valence-corrected chi connectivity index (χ1v) is 10.5. The molecule has 0 aromatic heterocycles. The molecule has 152 valence electrons. The van der Waals surface area contributed by atoms with Gasteiger partial charge in [0.15, 0.2) is 0 Å². The van der Waals surface area contributed by atoms with Crippen molar-refractivity contribution in [2.24, 2.45) is 35.5 Å². The van der Waals surface area contributed by atoms with Crippen LogP contribution in [0.2, 0.25) is 0 Å². The van der Waals surface area contributed by atoms with Crippen LogP contribution in [0.5, 0.6) is 0 Å². The zero-order valence-electron chi connectivity index (χ0n) is 19.6. The number of carbonyl (C=O) groups excluding carboxylic acids is 1. The van der Waals surface area contributed by atoms with Crippen LogP contribution in [0.1, 0.15) is 102 Å². The molecule has 0 aliphatic carbocycles. The van der Waals surface area contributed by atoms with E-state index in [4.69, 9.17) is 0 Å². The van der Waals surface area contributed by atoms with Gasteiger partial charge in [-0.15, -0.1) is 0 Å². The van der Waals surface area contributed by atoms with Gasteiger partial charge in [-0.3, -0.25) is 4.79 Å². The monoisotopic (exact) mass is 354 g/mol. The number of Topliss-reactive ketones (excluding diaryl/α,β-unsaturated/α-hetero) is 1. The topological polar surface area (TPSA) is 17.1 Å². The zero-order valence-corrected chi connectivity index (χ0v) is 19.6. The Morgan fingerprint density at radius 3 is 1.04 bits per heavy atom.